The number of nitrogens with zero attached hydrogens (tertiary/aromatic N) is 1. The molecule has 0 radical (unpaired) electrons. The highest BCUT2D eigenvalue weighted by Crippen LogP contribution is 2.67. The summed E-state index contributed by atoms with van der Waals surface area (Å²) in [6.07, 6.45) is 8.18. The Hall–Kier alpha value is -5.83. The van der Waals surface area contributed by atoms with Gasteiger partial charge in [-0.1, -0.05) is 201 Å². The van der Waals surface area contributed by atoms with Crippen molar-refractivity contribution in [2.75, 3.05) is 4.90 Å². The van der Waals surface area contributed by atoms with Gasteiger partial charge in [0, 0.05) is 37.6 Å². The molecule has 0 amide bonds. The summed E-state index contributed by atoms with van der Waals surface area (Å²) in [6.45, 7) is 21.4. The summed E-state index contributed by atoms with van der Waals surface area (Å²) in [5, 5.41) is 0. The van der Waals surface area contributed by atoms with Crippen LogP contribution < -0.4 is 4.90 Å². The smallest absolute Gasteiger partial charge is 0.0699 e. The first-order valence-corrected chi connectivity index (χ1v) is 23.6. The van der Waals surface area contributed by atoms with Crippen molar-refractivity contribution < 1.29 is 0 Å². The molecular formula is C61H57NS. The van der Waals surface area contributed by atoms with E-state index in [1.807, 2.05) is 11.8 Å². The topological polar surface area (TPSA) is 3.24 Å². The van der Waals surface area contributed by atoms with E-state index >= 15 is 0 Å². The highest BCUT2D eigenvalue weighted by molar-refractivity contribution is 7.99. The average molecular weight is 836 g/mol. The summed E-state index contributed by atoms with van der Waals surface area (Å²) in [5.74, 6) is 0. The molecule has 7 aromatic carbocycles. The molecule has 7 aromatic rings. The molecule has 0 bridgehead atoms. The maximum Gasteiger partial charge on any atom is 0.0699 e. The molecule has 63 heavy (non-hydrogen) atoms. The summed E-state index contributed by atoms with van der Waals surface area (Å²) in [4.78, 5) is 5.26. The van der Waals surface area contributed by atoms with Crippen LogP contribution >= 0.6 is 11.8 Å². The molecule has 1 atom stereocenters. The third kappa shape index (κ3) is 5.83. The quantitative estimate of drug-likeness (QED) is 0.174. The predicted molar refractivity (Wildman–Crippen MR) is 268 cm³/mol. The summed E-state index contributed by atoms with van der Waals surface area (Å²) < 4.78 is 0. The Morgan fingerprint density at radius 3 is 1.73 bits per heavy atom. The van der Waals surface area contributed by atoms with Crippen molar-refractivity contribution in [2.45, 2.75) is 106 Å². The number of benzene rings is 7. The van der Waals surface area contributed by atoms with E-state index in [0.29, 0.717) is 0 Å². The molecule has 1 spiro atoms. The van der Waals surface area contributed by atoms with Gasteiger partial charge in [0.15, 0.2) is 0 Å². The second-order valence-electron chi connectivity index (χ2n) is 21.2. The summed E-state index contributed by atoms with van der Waals surface area (Å²) in [7, 11) is 0. The van der Waals surface area contributed by atoms with Gasteiger partial charge < -0.3 is 4.90 Å². The second-order valence-corrected chi connectivity index (χ2v) is 22.3. The normalized spacial score (nSPS) is 18.5. The fourth-order valence-electron chi connectivity index (χ4n) is 11.6. The maximum absolute atomic E-state index is 2.60. The first-order chi connectivity index (χ1) is 30.1. The van der Waals surface area contributed by atoms with Crippen molar-refractivity contribution in [3.63, 3.8) is 0 Å². The second kappa shape index (κ2) is 13.8. The molecule has 4 aliphatic rings. The number of hydrogen-bond acceptors (Lipinski definition) is 2. The van der Waals surface area contributed by atoms with Gasteiger partial charge in [0.05, 0.1) is 11.1 Å². The number of para-hydroxylation sites is 1. The lowest BCUT2D eigenvalue weighted by molar-refractivity contribution is 0.529. The lowest BCUT2D eigenvalue weighted by atomic mass is 9.62. The van der Waals surface area contributed by atoms with Gasteiger partial charge in [-0.15, -0.1) is 0 Å². The van der Waals surface area contributed by atoms with Gasteiger partial charge in [-0.3, -0.25) is 0 Å². The molecule has 1 nitrogen and oxygen atoms in total. The molecule has 1 heterocycles. The number of fused-ring (bicyclic) bond motifs is 12. The molecule has 2 heteroatoms. The van der Waals surface area contributed by atoms with E-state index < -0.39 is 5.41 Å². The average Bonchev–Trinajstić information content (AvgIpc) is 3.64. The van der Waals surface area contributed by atoms with Crippen LogP contribution in [0.3, 0.4) is 0 Å². The van der Waals surface area contributed by atoms with Crippen LogP contribution in [0, 0.1) is 0 Å². The minimum Gasteiger partial charge on any atom is -0.310 e. The van der Waals surface area contributed by atoms with Crippen molar-refractivity contribution in [2.24, 2.45) is 0 Å². The zero-order chi connectivity index (χ0) is 43.7. The van der Waals surface area contributed by atoms with Crippen LogP contribution in [0.2, 0.25) is 0 Å². The highest BCUT2D eigenvalue weighted by Gasteiger charge is 2.59. The zero-order valence-corrected chi connectivity index (χ0v) is 39.0. The van der Waals surface area contributed by atoms with Gasteiger partial charge in [-0.25, -0.2) is 0 Å². The Labute approximate surface area is 379 Å². The molecule has 0 aromatic heterocycles. The lowest BCUT2D eigenvalue weighted by Gasteiger charge is -2.44. The summed E-state index contributed by atoms with van der Waals surface area (Å²) in [6, 6.07) is 58.4. The summed E-state index contributed by atoms with van der Waals surface area (Å²) in [5.41, 5.74) is 20.4. The van der Waals surface area contributed by atoms with Gasteiger partial charge in [0.25, 0.3) is 0 Å². The van der Waals surface area contributed by atoms with Gasteiger partial charge in [-0.05, 0) is 126 Å². The zero-order valence-electron chi connectivity index (χ0n) is 38.2. The Morgan fingerprint density at radius 1 is 0.492 bits per heavy atom. The standard InChI is InChI=1S/C61H57NS/c1-57(2,3)40-26-32-54-51(35-40)61(52-36-41(58(4,5)6)27-33-55(52)63-54)50-38-43(29-31-48(50)60(9)34-18-17-25-56(60)61)62(53-24-16-14-21-44(53)39-19-11-10-12-20-39)42-28-30-46-45-22-13-15-23-47(45)59(7,8)49(46)37-42/h10-33,35-38H,34H2,1-9H3. The number of allylic oxidation sites excluding steroid dienone is 4. The Kier molecular flexibility index (Phi) is 8.78. The molecular weight excluding hydrogens is 779 g/mol. The Morgan fingerprint density at radius 2 is 1.06 bits per heavy atom. The van der Waals surface area contributed by atoms with Crippen molar-refractivity contribution in [3.8, 4) is 22.3 Å². The third-order valence-electron chi connectivity index (χ3n) is 15.0. The van der Waals surface area contributed by atoms with Gasteiger partial charge in [-0.2, -0.15) is 0 Å². The van der Waals surface area contributed by atoms with Gasteiger partial charge >= 0.3 is 0 Å². The largest absolute Gasteiger partial charge is 0.310 e. The molecule has 11 rings (SSSR count). The van der Waals surface area contributed by atoms with Crippen LogP contribution in [0.4, 0.5) is 17.1 Å². The van der Waals surface area contributed by atoms with E-state index in [0.717, 1.165) is 6.42 Å². The van der Waals surface area contributed by atoms with E-state index in [-0.39, 0.29) is 21.7 Å². The molecule has 1 aliphatic heterocycles. The van der Waals surface area contributed by atoms with E-state index in [1.54, 1.807) is 0 Å². The number of anilines is 3. The van der Waals surface area contributed by atoms with Crippen LogP contribution in [0.5, 0.6) is 0 Å². The van der Waals surface area contributed by atoms with E-state index in [4.69, 9.17) is 0 Å². The number of hydrogen-bond donors (Lipinski definition) is 0. The summed E-state index contributed by atoms with van der Waals surface area (Å²) >= 11 is 1.95. The first kappa shape index (κ1) is 40.0. The predicted octanol–water partition coefficient (Wildman–Crippen LogP) is 16.7. The molecule has 3 aliphatic carbocycles. The van der Waals surface area contributed by atoms with Crippen molar-refractivity contribution in [1.82, 2.24) is 0 Å². The molecule has 312 valence electrons. The molecule has 1 unspecified atom stereocenters. The fourth-order valence-corrected chi connectivity index (χ4v) is 12.7. The Bertz CT molecular complexity index is 3010. The molecule has 0 saturated carbocycles. The van der Waals surface area contributed by atoms with Crippen LogP contribution in [0.25, 0.3) is 22.3 Å². The van der Waals surface area contributed by atoms with Gasteiger partial charge in [0.2, 0.25) is 0 Å². The van der Waals surface area contributed by atoms with Crippen LogP contribution in [-0.2, 0) is 27.1 Å². The SMILES string of the molecule is CC(C)(C)c1ccc2c(c1)C1(C3=CC=CCC3(C)c3ccc(N(c4ccc5c(c4)C(C)(C)c4ccccc4-5)c4ccccc4-c4ccccc4)cc31)c1cc(C(C)(C)C)ccc1S2. The van der Waals surface area contributed by atoms with Crippen LogP contribution in [0.1, 0.15) is 113 Å². The van der Waals surface area contributed by atoms with E-state index in [2.05, 4.69) is 237 Å². The molecule has 0 saturated heterocycles. The molecule has 0 fully saturated rings. The highest BCUT2D eigenvalue weighted by atomic mass is 32.2. The molecule has 0 N–H and O–H groups in total. The Balaban J connectivity index is 1.23. The third-order valence-corrected chi connectivity index (χ3v) is 16.1. The van der Waals surface area contributed by atoms with Crippen LogP contribution in [-0.4, -0.2) is 0 Å². The van der Waals surface area contributed by atoms with Gasteiger partial charge in [0.1, 0.15) is 0 Å². The van der Waals surface area contributed by atoms with E-state index in [1.165, 1.54) is 99.2 Å². The fraction of sp³-hybridized carbons (Fsp3) is 0.246. The first-order valence-electron chi connectivity index (χ1n) is 22.8. The lowest BCUT2D eigenvalue weighted by Crippen LogP contribution is -2.37. The monoisotopic (exact) mass is 835 g/mol. The minimum atomic E-state index is -0.504. The minimum absolute atomic E-state index is 0.0131. The van der Waals surface area contributed by atoms with E-state index in [9.17, 15) is 0 Å². The van der Waals surface area contributed by atoms with Crippen LogP contribution in [0.15, 0.2) is 185 Å². The van der Waals surface area contributed by atoms with Crippen molar-refractivity contribution >= 4 is 28.8 Å². The van der Waals surface area contributed by atoms with Crippen molar-refractivity contribution in [1.29, 1.82) is 0 Å². The van der Waals surface area contributed by atoms with Crippen molar-refractivity contribution in [3.05, 3.63) is 220 Å². The number of rotatable bonds is 4. The maximum atomic E-state index is 2.60.